The molecule has 0 saturated carbocycles. The lowest BCUT2D eigenvalue weighted by Crippen LogP contribution is -2.17. The molecule has 0 atom stereocenters. The number of hydrogen-bond donors (Lipinski definition) is 1. The lowest BCUT2D eigenvalue weighted by atomic mass is 10.4. The molecule has 14 heavy (non-hydrogen) atoms. The number of thiazole rings is 1. The Labute approximate surface area is 86.2 Å². The van der Waals surface area contributed by atoms with Crippen molar-refractivity contribution >= 4 is 17.3 Å². The number of aromatic carboxylic acids is 1. The van der Waals surface area contributed by atoms with Crippen LogP contribution in [0, 0.1) is 0 Å². The monoisotopic (exact) mass is 212 g/mol. The van der Waals surface area contributed by atoms with E-state index in [1.165, 1.54) is 24.2 Å². The molecule has 0 radical (unpaired) electrons. The first-order chi connectivity index (χ1) is 6.75. The summed E-state index contributed by atoms with van der Waals surface area (Å²) in [7, 11) is 0. The number of carbonyl (C=O) groups is 1. The van der Waals surface area contributed by atoms with Crippen LogP contribution in [0.25, 0.3) is 0 Å². The van der Waals surface area contributed by atoms with Crippen molar-refractivity contribution < 1.29 is 9.90 Å². The summed E-state index contributed by atoms with van der Waals surface area (Å²) in [6.45, 7) is 3.10. The SMILES string of the molecule is O=C(O)c1ncc(CN2CCCC2)s1. The van der Waals surface area contributed by atoms with Crippen LogP contribution in [0.5, 0.6) is 0 Å². The maximum absolute atomic E-state index is 10.6. The summed E-state index contributed by atoms with van der Waals surface area (Å²) in [6.07, 6.45) is 4.18. The zero-order valence-electron chi connectivity index (χ0n) is 7.77. The molecule has 1 fully saturated rings. The Morgan fingerprint density at radius 3 is 2.86 bits per heavy atom. The number of aromatic nitrogens is 1. The van der Waals surface area contributed by atoms with Gasteiger partial charge in [-0.3, -0.25) is 4.90 Å². The maximum Gasteiger partial charge on any atom is 0.365 e. The lowest BCUT2D eigenvalue weighted by molar-refractivity contribution is 0.0696. The standard InChI is InChI=1S/C9H12N2O2S/c12-9(13)8-10-5-7(14-8)6-11-3-1-2-4-11/h5H,1-4,6H2,(H,12,13). The molecule has 5 heteroatoms. The molecule has 1 aliphatic heterocycles. The highest BCUT2D eigenvalue weighted by Crippen LogP contribution is 2.18. The van der Waals surface area contributed by atoms with Crippen LogP contribution in [-0.2, 0) is 6.54 Å². The Morgan fingerprint density at radius 2 is 2.29 bits per heavy atom. The van der Waals surface area contributed by atoms with E-state index in [1.807, 2.05) is 0 Å². The van der Waals surface area contributed by atoms with E-state index in [0.29, 0.717) is 0 Å². The third kappa shape index (κ3) is 2.10. The van der Waals surface area contributed by atoms with Gasteiger partial charge in [-0.15, -0.1) is 11.3 Å². The number of likely N-dealkylation sites (tertiary alicyclic amines) is 1. The topological polar surface area (TPSA) is 53.4 Å². The van der Waals surface area contributed by atoms with Gasteiger partial charge in [0, 0.05) is 17.6 Å². The molecule has 4 nitrogen and oxygen atoms in total. The third-order valence-electron chi connectivity index (χ3n) is 2.31. The average Bonchev–Trinajstić information content (AvgIpc) is 2.75. The fourth-order valence-corrected chi connectivity index (χ4v) is 2.43. The van der Waals surface area contributed by atoms with Crippen molar-refractivity contribution in [1.82, 2.24) is 9.88 Å². The smallest absolute Gasteiger partial charge is 0.365 e. The summed E-state index contributed by atoms with van der Waals surface area (Å²) in [5.74, 6) is -0.928. The molecular weight excluding hydrogens is 200 g/mol. The van der Waals surface area contributed by atoms with Gasteiger partial charge in [-0.1, -0.05) is 0 Å². The number of carboxylic acid groups (broad SMARTS) is 1. The molecular formula is C9H12N2O2S. The molecule has 1 saturated heterocycles. The Hall–Kier alpha value is -0.940. The number of hydrogen-bond acceptors (Lipinski definition) is 4. The summed E-state index contributed by atoms with van der Waals surface area (Å²) in [5.41, 5.74) is 0. The van der Waals surface area contributed by atoms with Crippen LogP contribution < -0.4 is 0 Å². The van der Waals surface area contributed by atoms with E-state index in [-0.39, 0.29) is 5.01 Å². The quantitative estimate of drug-likeness (QED) is 0.823. The second-order valence-corrected chi connectivity index (χ2v) is 4.54. The fraction of sp³-hybridized carbons (Fsp3) is 0.556. The minimum absolute atomic E-state index is 0.194. The van der Waals surface area contributed by atoms with Crippen molar-refractivity contribution in [1.29, 1.82) is 0 Å². The van der Waals surface area contributed by atoms with Gasteiger partial charge in [-0.25, -0.2) is 9.78 Å². The fourth-order valence-electron chi connectivity index (χ4n) is 1.64. The summed E-state index contributed by atoms with van der Waals surface area (Å²) >= 11 is 1.28. The van der Waals surface area contributed by atoms with Crippen LogP contribution in [0.1, 0.15) is 27.5 Å². The van der Waals surface area contributed by atoms with E-state index < -0.39 is 5.97 Å². The maximum atomic E-state index is 10.6. The Morgan fingerprint density at radius 1 is 1.57 bits per heavy atom. The molecule has 1 aliphatic rings. The minimum Gasteiger partial charge on any atom is -0.476 e. The average molecular weight is 212 g/mol. The minimum atomic E-state index is -0.928. The summed E-state index contributed by atoms with van der Waals surface area (Å²) in [6, 6.07) is 0. The predicted octanol–water partition coefficient (Wildman–Crippen LogP) is 1.44. The zero-order chi connectivity index (χ0) is 9.97. The number of nitrogens with zero attached hydrogens (tertiary/aromatic N) is 2. The molecule has 0 amide bonds. The second kappa shape index (κ2) is 4.06. The molecule has 0 aliphatic carbocycles. The highest BCUT2D eigenvalue weighted by molar-refractivity contribution is 7.13. The molecule has 1 aromatic rings. The molecule has 1 aromatic heterocycles. The van der Waals surface area contributed by atoms with Crippen molar-refractivity contribution in [3.05, 3.63) is 16.1 Å². The van der Waals surface area contributed by atoms with Gasteiger partial charge in [0.05, 0.1) is 0 Å². The number of carboxylic acids is 1. The van der Waals surface area contributed by atoms with Crippen molar-refractivity contribution in [2.24, 2.45) is 0 Å². The van der Waals surface area contributed by atoms with Crippen LogP contribution in [0.4, 0.5) is 0 Å². The molecule has 76 valence electrons. The van der Waals surface area contributed by atoms with E-state index in [0.717, 1.165) is 24.5 Å². The molecule has 2 rings (SSSR count). The van der Waals surface area contributed by atoms with Crippen molar-refractivity contribution in [2.75, 3.05) is 13.1 Å². The van der Waals surface area contributed by atoms with Crippen molar-refractivity contribution in [3.8, 4) is 0 Å². The summed E-state index contributed by atoms with van der Waals surface area (Å²) in [4.78, 5) is 17.8. The van der Waals surface area contributed by atoms with Gasteiger partial charge in [0.2, 0.25) is 5.01 Å². The molecule has 0 unspecified atom stereocenters. The van der Waals surface area contributed by atoms with E-state index in [9.17, 15) is 4.79 Å². The van der Waals surface area contributed by atoms with Crippen molar-refractivity contribution in [3.63, 3.8) is 0 Å². The predicted molar refractivity (Wildman–Crippen MR) is 53.6 cm³/mol. The second-order valence-electron chi connectivity index (χ2n) is 3.42. The van der Waals surface area contributed by atoms with E-state index in [2.05, 4.69) is 9.88 Å². The lowest BCUT2D eigenvalue weighted by Gasteiger charge is -2.11. The number of rotatable bonds is 3. The van der Waals surface area contributed by atoms with E-state index >= 15 is 0 Å². The van der Waals surface area contributed by atoms with Gasteiger partial charge in [0.25, 0.3) is 0 Å². The first-order valence-electron chi connectivity index (χ1n) is 4.66. The van der Waals surface area contributed by atoms with Crippen LogP contribution >= 0.6 is 11.3 Å². The molecule has 2 heterocycles. The zero-order valence-corrected chi connectivity index (χ0v) is 8.59. The van der Waals surface area contributed by atoms with Gasteiger partial charge in [0.1, 0.15) is 0 Å². The highest BCUT2D eigenvalue weighted by atomic mass is 32.1. The third-order valence-corrected chi connectivity index (χ3v) is 3.28. The van der Waals surface area contributed by atoms with Gasteiger partial charge in [-0.2, -0.15) is 0 Å². The molecule has 1 N–H and O–H groups in total. The van der Waals surface area contributed by atoms with Crippen molar-refractivity contribution in [2.45, 2.75) is 19.4 Å². The first-order valence-corrected chi connectivity index (χ1v) is 5.48. The van der Waals surface area contributed by atoms with E-state index in [1.54, 1.807) is 6.20 Å². The normalized spacial score (nSPS) is 17.4. The molecule has 0 spiro atoms. The Kier molecular flexibility index (Phi) is 2.79. The van der Waals surface area contributed by atoms with Crippen LogP contribution in [0.2, 0.25) is 0 Å². The first kappa shape index (κ1) is 9.61. The van der Waals surface area contributed by atoms with Gasteiger partial charge >= 0.3 is 5.97 Å². The van der Waals surface area contributed by atoms with Gasteiger partial charge < -0.3 is 5.11 Å². The Bertz CT molecular complexity index is 331. The van der Waals surface area contributed by atoms with Crippen LogP contribution in [0.3, 0.4) is 0 Å². The van der Waals surface area contributed by atoms with Gasteiger partial charge in [-0.05, 0) is 25.9 Å². The Balaban J connectivity index is 1.98. The summed E-state index contributed by atoms with van der Waals surface area (Å²) < 4.78 is 0. The molecule has 0 bridgehead atoms. The van der Waals surface area contributed by atoms with E-state index in [4.69, 9.17) is 5.11 Å². The highest BCUT2D eigenvalue weighted by Gasteiger charge is 2.14. The van der Waals surface area contributed by atoms with Gasteiger partial charge in [0.15, 0.2) is 0 Å². The molecule has 0 aromatic carbocycles. The summed E-state index contributed by atoms with van der Waals surface area (Å²) in [5, 5.41) is 8.89. The van der Waals surface area contributed by atoms with Crippen LogP contribution in [0.15, 0.2) is 6.20 Å². The largest absolute Gasteiger partial charge is 0.476 e. The van der Waals surface area contributed by atoms with Crippen LogP contribution in [-0.4, -0.2) is 34.0 Å².